The SMILES string of the molecule is COc1cc(-c2c3c(C#N)cc(-c4cnn(C[C@H](C)O)c4)cc3nn2C)cc(OC(F)F)c1C(N)=O. The number of hydrogen-bond donors (Lipinski definition) is 2. The minimum atomic E-state index is -3.21. The van der Waals surface area contributed by atoms with Crippen molar-refractivity contribution in [3.63, 3.8) is 0 Å². The van der Waals surface area contributed by atoms with E-state index in [0.717, 1.165) is 5.56 Å². The Morgan fingerprint density at radius 3 is 2.56 bits per heavy atom. The molecule has 0 radical (unpaired) electrons. The highest BCUT2D eigenvalue weighted by atomic mass is 19.3. The first-order valence-corrected chi connectivity index (χ1v) is 10.7. The van der Waals surface area contributed by atoms with Crippen LogP contribution >= 0.6 is 0 Å². The number of halogens is 2. The highest BCUT2D eigenvalue weighted by Gasteiger charge is 2.24. The van der Waals surface area contributed by atoms with E-state index in [9.17, 15) is 23.9 Å². The first-order valence-electron chi connectivity index (χ1n) is 10.7. The number of amides is 1. The average molecular weight is 496 g/mol. The molecule has 4 rings (SSSR count). The maximum Gasteiger partial charge on any atom is 0.387 e. The number of alkyl halides is 2. The number of benzene rings is 2. The highest BCUT2D eigenvalue weighted by molar-refractivity contribution is 6.03. The Balaban J connectivity index is 1.92. The number of methoxy groups -OCH3 is 1. The standard InChI is InChI=1S/C24H22F2N6O4/c1-12(33)10-32-11-16(9-29-32)13-4-15(8-27)20-17(5-13)30-31(2)22(20)14-6-18(35-3)21(23(28)34)19(7-14)36-24(25)26/h4-7,9,11-12,24,33H,10H2,1-3H3,(H2,28,34)/t12-/m0/s1. The molecule has 0 unspecified atom stereocenters. The number of nitrogens with two attached hydrogens (primary N) is 1. The van der Waals surface area contributed by atoms with Gasteiger partial charge in [0.25, 0.3) is 5.91 Å². The second-order valence-corrected chi connectivity index (χ2v) is 8.10. The second kappa shape index (κ2) is 9.63. The molecule has 10 nitrogen and oxygen atoms in total. The summed E-state index contributed by atoms with van der Waals surface area (Å²) < 4.78 is 39.1. The number of hydrogen-bond acceptors (Lipinski definition) is 7. The summed E-state index contributed by atoms with van der Waals surface area (Å²) in [5.74, 6) is -1.52. The minimum absolute atomic E-state index is 0.0642. The van der Waals surface area contributed by atoms with Crippen molar-refractivity contribution in [2.75, 3.05) is 7.11 Å². The van der Waals surface area contributed by atoms with Gasteiger partial charge in [0.1, 0.15) is 17.1 Å². The van der Waals surface area contributed by atoms with E-state index < -0.39 is 24.4 Å². The summed E-state index contributed by atoms with van der Waals surface area (Å²) in [5.41, 5.74) is 7.96. The molecule has 0 aliphatic carbocycles. The van der Waals surface area contributed by atoms with Gasteiger partial charge >= 0.3 is 6.61 Å². The van der Waals surface area contributed by atoms with Crippen LogP contribution in [0.3, 0.4) is 0 Å². The number of nitriles is 1. The van der Waals surface area contributed by atoms with E-state index in [-0.39, 0.29) is 16.9 Å². The number of aryl methyl sites for hydroxylation is 1. The molecule has 1 amide bonds. The third-order valence-corrected chi connectivity index (χ3v) is 5.50. The third kappa shape index (κ3) is 4.56. The fourth-order valence-electron chi connectivity index (χ4n) is 4.12. The lowest BCUT2D eigenvalue weighted by Gasteiger charge is -2.15. The Labute approximate surface area is 204 Å². The average Bonchev–Trinajstić information content (AvgIpc) is 3.40. The van der Waals surface area contributed by atoms with Crippen LogP contribution in [0, 0.1) is 11.3 Å². The molecule has 1 atom stereocenters. The molecule has 0 aliphatic heterocycles. The molecule has 0 spiro atoms. The summed E-state index contributed by atoms with van der Waals surface area (Å²) in [7, 11) is 2.91. The number of carbonyl (C=O) groups is 1. The van der Waals surface area contributed by atoms with E-state index in [1.165, 1.54) is 23.9 Å². The van der Waals surface area contributed by atoms with Gasteiger partial charge in [0.2, 0.25) is 0 Å². The number of ether oxygens (including phenoxy) is 2. The van der Waals surface area contributed by atoms with Crippen LogP contribution in [0.1, 0.15) is 22.8 Å². The zero-order valence-corrected chi connectivity index (χ0v) is 19.6. The molecule has 2 aromatic heterocycles. The van der Waals surface area contributed by atoms with Crippen molar-refractivity contribution in [3.8, 4) is 40.0 Å². The summed E-state index contributed by atoms with van der Waals surface area (Å²) >= 11 is 0. The van der Waals surface area contributed by atoms with Crippen LogP contribution in [0.15, 0.2) is 36.7 Å². The molecule has 2 aromatic carbocycles. The van der Waals surface area contributed by atoms with E-state index in [1.54, 1.807) is 43.2 Å². The fraction of sp³-hybridized carbons (Fsp3) is 0.250. The number of aromatic nitrogens is 4. The first-order chi connectivity index (χ1) is 17.1. The van der Waals surface area contributed by atoms with Gasteiger partial charge in [0.15, 0.2) is 0 Å². The largest absolute Gasteiger partial charge is 0.496 e. The van der Waals surface area contributed by atoms with Crippen LogP contribution < -0.4 is 15.2 Å². The maximum absolute atomic E-state index is 13.1. The zero-order valence-electron chi connectivity index (χ0n) is 19.6. The molecule has 0 aliphatic rings. The molecule has 3 N–H and O–H groups in total. The fourth-order valence-corrected chi connectivity index (χ4v) is 4.12. The van der Waals surface area contributed by atoms with Crippen LogP contribution in [-0.4, -0.2) is 50.4 Å². The lowest BCUT2D eigenvalue weighted by Crippen LogP contribution is -2.16. The summed E-state index contributed by atoms with van der Waals surface area (Å²) in [6, 6.07) is 8.30. The molecule has 2 heterocycles. The Morgan fingerprint density at radius 1 is 1.22 bits per heavy atom. The minimum Gasteiger partial charge on any atom is -0.496 e. The number of carbonyl (C=O) groups excluding carboxylic acids is 1. The van der Waals surface area contributed by atoms with Gasteiger partial charge in [-0.2, -0.15) is 24.2 Å². The molecule has 0 saturated heterocycles. The Morgan fingerprint density at radius 2 is 1.94 bits per heavy atom. The van der Waals surface area contributed by atoms with E-state index in [1.807, 2.05) is 0 Å². The van der Waals surface area contributed by atoms with Crippen molar-refractivity contribution < 1.29 is 28.2 Å². The summed E-state index contributed by atoms with van der Waals surface area (Å²) in [6.45, 7) is -1.25. The van der Waals surface area contributed by atoms with Gasteiger partial charge in [-0.05, 0) is 36.8 Å². The van der Waals surface area contributed by atoms with Crippen LogP contribution in [0.5, 0.6) is 11.5 Å². The van der Waals surface area contributed by atoms with Gasteiger partial charge in [0.05, 0.1) is 48.8 Å². The van der Waals surface area contributed by atoms with E-state index in [0.29, 0.717) is 34.3 Å². The van der Waals surface area contributed by atoms with Gasteiger partial charge in [-0.25, -0.2) is 0 Å². The topological polar surface area (TPSA) is 141 Å². The van der Waals surface area contributed by atoms with Crippen molar-refractivity contribution in [3.05, 3.63) is 47.8 Å². The molecule has 0 bridgehead atoms. The molecule has 0 fully saturated rings. The Hall–Kier alpha value is -4.50. The van der Waals surface area contributed by atoms with Crippen molar-refractivity contribution in [2.24, 2.45) is 12.8 Å². The normalized spacial score (nSPS) is 12.1. The smallest absolute Gasteiger partial charge is 0.387 e. The van der Waals surface area contributed by atoms with Crippen molar-refractivity contribution in [2.45, 2.75) is 26.2 Å². The lowest BCUT2D eigenvalue weighted by molar-refractivity contribution is -0.0502. The van der Waals surface area contributed by atoms with Crippen LogP contribution in [-0.2, 0) is 13.6 Å². The van der Waals surface area contributed by atoms with Crippen molar-refractivity contribution in [1.29, 1.82) is 5.26 Å². The molecule has 4 aromatic rings. The van der Waals surface area contributed by atoms with Gasteiger partial charge in [0, 0.05) is 29.8 Å². The Bertz CT molecular complexity index is 1500. The molecule has 0 saturated carbocycles. The zero-order chi connectivity index (χ0) is 26.1. The predicted octanol–water partition coefficient (Wildman–Crippen LogP) is 3.07. The lowest BCUT2D eigenvalue weighted by atomic mass is 9.98. The molecule has 36 heavy (non-hydrogen) atoms. The van der Waals surface area contributed by atoms with Crippen LogP contribution in [0.2, 0.25) is 0 Å². The van der Waals surface area contributed by atoms with Gasteiger partial charge < -0.3 is 20.3 Å². The maximum atomic E-state index is 13.1. The van der Waals surface area contributed by atoms with Gasteiger partial charge in [-0.1, -0.05) is 0 Å². The van der Waals surface area contributed by atoms with Crippen LogP contribution in [0.25, 0.3) is 33.3 Å². The Kier molecular flexibility index (Phi) is 6.59. The second-order valence-electron chi connectivity index (χ2n) is 8.10. The number of fused-ring (bicyclic) bond motifs is 1. The molecule has 12 heteroatoms. The van der Waals surface area contributed by atoms with Gasteiger partial charge in [-0.15, -0.1) is 0 Å². The van der Waals surface area contributed by atoms with Gasteiger partial charge in [-0.3, -0.25) is 14.2 Å². The highest BCUT2D eigenvalue weighted by Crippen LogP contribution is 2.40. The molecule has 186 valence electrons. The quantitative estimate of drug-likeness (QED) is 0.382. The van der Waals surface area contributed by atoms with E-state index in [2.05, 4.69) is 21.0 Å². The third-order valence-electron chi connectivity index (χ3n) is 5.50. The summed E-state index contributed by atoms with van der Waals surface area (Å²) in [5, 5.41) is 28.8. The number of nitrogens with zero attached hydrogens (tertiary/aromatic N) is 5. The monoisotopic (exact) mass is 496 g/mol. The first kappa shape index (κ1) is 24.6. The number of aliphatic hydroxyl groups excluding tert-OH is 1. The predicted molar refractivity (Wildman–Crippen MR) is 125 cm³/mol. The number of rotatable bonds is 8. The summed E-state index contributed by atoms with van der Waals surface area (Å²) in [6.07, 6.45) is 2.79. The van der Waals surface area contributed by atoms with E-state index >= 15 is 0 Å². The number of aliphatic hydroxyl groups is 1. The molecular weight excluding hydrogens is 474 g/mol. The molecular formula is C24H22F2N6O4. The number of primary amides is 1. The van der Waals surface area contributed by atoms with Crippen molar-refractivity contribution >= 4 is 16.8 Å². The van der Waals surface area contributed by atoms with Crippen LogP contribution in [0.4, 0.5) is 8.78 Å². The van der Waals surface area contributed by atoms with E-state index in [4.69, 9.17) is 10.5 Å². The van der Waals surface area contributed by atoms with Crippen molar-refractivity contribution in [1.82, 2.24) is 19.6 Å². The summed E-state index contributed by atoms with van der Waals surface area (Å²) in [4.78, 5) is 11.9.